The second kappa shape index (κ2) is 7.20. The number of nitrogens with one attached hydrogen (secondary N) is 1. The molecule has 1 unspecified atom stereocenters. The number of allylic oxidation sites excluding steroid dienone is 1. The Kier molecular flexibility index (Phi) is 5.59. The molecule has 1 atom stereocenters. The Morgan fingerprint density at radius 1 is 1.32 bits per heavy atom. The van der Waals surface area contributed by atoms with Gasteiger partial charge in [-0.05, 0) is 59.8 Å². The molecule has 1 aromatic rings. The highest BCUT2D eigenvalue weighted by atomic mass is 79.9. The van der Waals surface area contributed by atoms with E-state index in [0.29, 0.717) is 4.47 Å². The molecule has 0 spiro atoms. The summed E-state index contributed by atoms with van der Waals surface area (Å²) in [5, 5.41) is 3.50. The van der Waals surface area contributed by atoms with Crippen molar-refractivity contribution < 1.29 is 4.39 Å². The van der Waals surface area contributed by atoms with Crippen molar-refractivity contribution in [3.05, 3.63) is 45.7 Å². The van der Waals surface area contributed by atoms with E-state index in [9.17, 15) is 4.39 Å². The number of hydrogen-bond donors (Lipinski definition) is 1. The average Bonchev–Trinajstić information content (AvgIpc) is 2.68. The summed E-state index contributed by atoms with van der Waals surface area (Å²) < 4.78 is 14.3. The molecule has 19 heavy (non-hydrogen) atoms. The molecule has 1 aromatic carbocycles. The van der Waals surface area contributed by atoms with E-state index in [0.717, 1.165) is 24.9 Å². The Morgan fingerprint density at radius 2 is 2.16 bits per heavy atom. The fourth-order valence-corrected chi connectivity index (χ4v) is 3.18. The predicted molar refractivity (Wildman–Crippen MR) is 81.7 cm³/mol. The third-order valence-electron chi connectivity index (χ3n) is 3.65. The molecule has 104 valence electrons. The lowest BCUT2D eigenvalue weighted by atomic mass is 9.95. The van der Waals surface area contributed by atoms with E-state index >= 15 is 0 Å². The van der Waals surface area contributed by atoms with Crippen LogP contribution in [0.3, 0.4) is 0 Å². The molecule has 0 bridgehead atoms. The summed E-state index contributed by atoms with van der Waals surface area (Å²) in [5.41, 5.74) is 2.42. The first kappa shape index (κ1) is 14.7. The van der Waals surface area contributed by atoms with Gasteiger partial charge >= 0.3 is 0 Å². The van der Waals surface area contributed by atoms with Gasteiger partial charge in [-0.25, -0.2) is 4.39 Å². The molecule has 0 aliphatic heterocycles. The van der Waals surface area contributed by atoms with Crippen molar-refractivity contribution >= 4 is 15.9 Å². The predicted octanol–water partition coefficient (Wildman–Crippen LogP) is 5.13. The molecule has 0 amide bonds. The second-order valence-corrected chi connectivity index (χ2v) is 5.81. The van der Waals surface area contributed by atoms with Gasteiger partial charge in [0.15, 0.2) is 0 Å². The molecule has 0 radical (unpaired) electrons. The van der Waals surface area contributed by atoms with Crippen LogP contribution in [0.5, 0.6) is 0 Å². The van der Waals surface area contributed by atoms with Crippen molar-refractivity contribution in [3.63, 3.8) is 0 Å². The highest BCUT2D eigenvalue weighted by Gasteiger charge is 2.20. The first-order valence-electron chi connectivity index (χ1n) is 7.10. The van der Waals surface area contributed by atoms with Crippen LogP contribution < -0.4 is 5.32 Å². The summed E-state index contributed by atoms with van der Waals surface area (Å²) in [7, 11) is 0. The maximum atomic E-state index is 13.7. The fraction of sp³-hybridized carbons (Fsp3) is 0.500. The van der Waals surface area contributed by atoms with Crippen molar-refractivity contribution in [1.82, 2.24) is 5.32 Å². The Labute approximate surface area is 123 Å². The fourth-order valence-electron chi connectivity index (χ4n) is 2.69. The van der Waals surface area contributed by atoms with E-state index < -0.39 is 0 Å². The summed E-state index contributed by atoms with van der Waals surface area (Å²) in [6.45, 7) is 2.97. The zero-order valence-electron chi connectivity index (χ0n) is 11.4. The number of rotatable bonds is 4. The molecule has 0 heterocycles. The Morgan fingerprint density at radius 3 is 2.95 bits per heavy atom. The maximum absolute atomic E-state index is 13.7. The van der Waals surface area contributed by atoms with Gasteiger partial charge in [-0.15, -0.1) is 0 Å². The molecule has 0 fully saturated rings. The highest BCUT2D eigenvalue weighted by Crippen LogP contribution is 2.34. The van der Waals surface area contributed by atoms with Gasteiger partial charge in [0.25, 0.3) is 0 Å². The van der Waals surface area contributed by atoms with Crippen LogP contribution in [0.15, 0.2) is 34.3 Å². The van der Waals surface area contributed by atoms with Crippen LogP contribution in [0.4, 0.5) is 4.39 Å². The lowest BCUT2D eigenvalue weighted by Gasteiger charge is -2.23. The topological polar surface area (TPSA) is 12.0 Å². The van der Waals surface area contributed by atoms with Crippen LogP contribution in [-0.4, -0.2) is 6.54 Å². The summed E-state index contributed by atoms with van der Waals surface area (Å²) in [6.07, 6.45) is 8.40. The van der Waals surface area contributed by atoms with E-state index in [1.165, 1.54) is 30.9 Å². The first-order chi connectivity index (χ1) is 9.24. The zero-order chi connectivity index (χ0) is 13.7. The smallest absolute Gasteiger partial charge is 0.137 e. The average molecular weight is 326 g/mol. The lowest BCUT2D eigenvalue weighted by Crippen LogP contribution is -2.23. The van der Waals surface area contributed by atoms with Crippen molar-refractivity contribution in [2.75, 3.05) is 6.54 Å². The summed E-state index contributed by atoms with van der Waals surface area (Å²) in [4.78, 5) is 0. The third kappa shape index (κ3) is 3.67. The van der Waals surface area contributed by atoms with E-state index in [2.05, 4.69) is 34.2 Å². The normalized spacial score (nSPS) is 17.7. The van der Waals surface area contributed by atoms with E-state index in [1.54, 1.807) is 6.07 Å². The van der Waals surface area contributed by atoms with Gasteiger partial charge in [0.2, 0.25) is 0 Å². The molecule has 0 saturated heterocycles. The quantitative estimate of drug-likeness (QED) is 0.757. The van der Waals surface area contributed by atoms with E-state index in [1.807, 2.05) is 6.07 Å². The molecular weight excluding hydrogens is 305 g/mol. The zero-order valence-corrected chi connectivity index (χ0v) is 13.0. The van der Waals surface area contributed by atoms with Gasteiger partial charge in [-0.3, -0.25) is 0 Å². The maximum Gasteiger partial charge on any atom is 0.137 e. The van der Waals surface area contributed by atoms with Gasteiger partial charge in [0.1, 0.15) is 5.82 Å². The molecule has 0 saturated carbocycles. The molecule has 1 nitrogen and oxygen atoms in total. The van der Waals surface area contributed by atoms with Crippen molar-refractivity contribution in [3.8, 4) is 0 Å². The molecule has 1 aliphatic carbocycles. The van der Waals surface area contributed by atoms with E-state index in [4.69, 9.17) is 0 Å². The van der Waals surface area contributed by atoms with Crippen molar-refractivity contribution in [1.29, 1.82) is 0 Å². The molecule has 0 aromatic heterocycles. The minimum Gasteiger partial charge on any atom is -0.307 e. The van der Waals surface area contributed by atoms with Crippen molar-refractivity contribution in [2.45, 2.75) is 45.1 Å². The minimum atomic E-state index is -0.186. The minimum absolute atomic E-state index is 0.133. The van der Waals surface area contributed by atoms with Gasteiger partial charge in [0.05, 0.1) is 10.5 Å². The van der Waals surface area contributed by atoms with Gasteiger partial charge in [-0.1, -0.05) is 37.1 Å². The van der Waals surface area contributed by atoms with Crippen LogP contribution in [0, 0.1) is 5.82 Å². The molecular formula is C16H21BrFN. The number of hydrogen-bond acceptors (Lipinski definition) is 1. The second-order valence-electron chi connectivity index (χ2n) is 5.01. The van der Waals surface area contributed by atoms with Gasteiger partial charge in [-0.2, -0.15) is 0 Å². The van der Waals surface area contributed by atoms with Crippen LogP contribution in [0.1, 0.15) is 50.6 Å². The van der Waals surface area contributed by atoms with E-state index in [-0.39, 0.29) is 11.9 Å². The molecule has 1 aliphatic rings. The highest BCUT2D eigenvalue weighted by molar-refractivity contribution is 9.10. The molecule has 3 heteroatoms. The molecule has 1 N–H and O–H groups in total. The van der Waals surface area contributed by atoms with Crippen LogP contribution in [0.2, 0.25) is 0 Å². The van der Waals surface area contributed by atoms with Crippen LogP contribution in [0.25, 0.3) is 0 Å². The number of halogens is 2. The Balaban J connectivity index is 2.33. The van der Waals surface area contributed by atoms with Gasteiger partial charge in [0, 0.05) is 0 Å². The Hall–Kier alpha value is -0.670. The lowest BCUT2D eigenvalue weighted by molar-refractivity contribution is 0.573. The monoisotopic (exact) mass is 325 g/mol. The SMILES string of the molecule is CCNC(C1=CCCCCC1)c1cccc(F)c1Br. The molecule has 2 rings (SSSR count). The Bertz CT molecular complexity index is 456. The summed E-state index contributed by atoms with van der Waals surface area (Å²) in [6, 6.07) is 5.43. The van der Waals surface area contributed by atoms with Crippen LogP contribution >= 0.6 is 15.9 Å². The van der Waals surface area contributed by atoms with Gasteiger partial charge < -0.3 is 5.32 Å². The standard InChI is InChI=1S/C16H21BrFN/c1-2-19-16(12-8-5-3-4-6-9-12)13-10-7-11-14(18)15(13)17/h7-8,10-11,16,19H,2-6,9H2,1H3. The first-order valence-corrected chi connectivity index (χ1v) is 7.89. The number of benzene rings is 1. The summed E-state index contributed by atoms with van der Waals surface area (Å²) >= 11 is 3.39. The van der Waals surface area contributed by atoms with Crippen LogP contribution in [-0.2, 0) is 0 Å². The largest absolute Gasteiger partial charge is 0.307 e. The van der Waals surface area contributed by atoms with Crippen molar-refractivity contribution in [2.24, 2.45) is 0 Å². The number of likely N-dealkylation sites (N-methyl/N-ethyl adjacent to an activating group) is 1. The summed E-state index contributed by atoms with van der Waals surface area (Å²) in [5.74, 6) is -0.186. The third-order valence-corrected chi connectivity index (χ3v) is 4.48.